The molecule has 1 N–H and O–H groups in total. The van der Waals surface area contributed by atoms with Crippen LogP contribution in [0, 0.1) is 16.7 Å². The summed E-state index contributed by atoms with van der Waals surface area (Å²) in [5.74, 6) is 0.486. The van der Waals surface area contributed by atoms with Gasteiger partial charge in [-0.15, -0.1) is 0 Å². The molecule has 3 aliphatic rings. The molecule has 4 bridgehead atoms. The fourth-order valence-electron chi connectivity index (χ4n) is 6.95. The third-order valence-electron chi connectivity index (χ3n) is 8.96. The van der Waals surface area contributed by atoms with E-state index < -0.39 is 5.54 Å². The summed E-state index contributed by atoms with van der Waals surface area (Å²) in [6.07, 6.45) is 7.25. The van der Waals surface area contributed by atoms with Crippen LogP contribution in [0.15, 0.2) is 66.7 Å². The zero-order valence-electron chi connectivity index (χ0n) is 19.0. The van der Waals surface area contributed by atoms with Crippen LogP contribution < -0.4 is 5.32 Å². The first-order chi connectivity index (χ1) is 15.4. The second-order valence-corrected chi connectivity index (χ2v) is 10.2. The molecule has 1 aliphatic heterocycles. The highest BCUT2D eigenvalue weighted by molar-refractivity contribution is 5.99. The standard InChI is InChI=1S/C28H32N2O2/c1-26-20-30(24(31)14-13-21-9-5-3-6-10-21)28(19-23(26)15-17-27(26,28)2)25(32)29-18-16-22-11-7-4-8-12-22/h3-14,23H,15-20H2,1-2H3,(H,29,32)/b14-13+. The summed E-state index contributed by atoms with van der Waals surface area (Å²) in [6.45, 7) is 5.81. The summed E-state index contributed by atoms with van der Waals surface area (Å²) in [5, 5.41) is 3.22. The smallest absolute Gasteiger partial charge is 0.247 e. The lowest BCUT2D eigenvalue weighted by molar-refractivity contribution is -0.149. The number of amides is 2. The average Bonchev–Trinajstić information content (AvgIpc) is 3.27. The van der Waals surface area contributed by atoms with Crippen molar-refractivity contribution in [2.24, 2.45) is 16.7 Å². The topological polar surface area (TPSA) is 49.4 Å². The number of nitrogens with one attached hydrogen (secondary N) is 1. The third kappa shape index (κ3) is 2.88. The van der Waals surface area contributed by atoms with Gasteiger partial charge in [-0.2, -0.15) is 0 Å². The molecular formula is C28H32N2O2. The predicted octanol–water partition coefficient (Wildman–Crippen LogP) is 4.47. The van der Waals surface area contributed by atoms with Crippen LogP contribution in [0.4, 0.5) is 0 Å². The Morgan fingerprint density at radius 2 is 1.75 bits per heavy atom. The quantitative estimate of drug-likeness (QED) is 0.691. The molecule has 4 unspecified atom stereocenters. The number of rotatable bonds is 6. The van der Waals surface area contributed by atoms with Crippen molar-refractivity contribution in [3.05, 3.63) is 77.9 Å². The largest absolute Gasteiger partial charge is 0.354 e. The van der Waals surface area contributed by atoms with E-state index in [1.54, 1.807) is 6.08 Å². The molecule has 5 rings (SSSR count). The minimum absolute atomic E-state index is 0.0000168. The normalized spacial score (nSPS) is 32.6. The van der Waals surface area contributed by atoms with E-state index in [4.69, 9.17) is 0 Å². The second kappa shape index (κ2) is 7.61. The van der Waals surface area contributed by atoms with Crippen LogP contribution in [0.25, 0.3) is 6.08 Å². The lowest BCUT2D eigenvalue weighted by Gasteiger charge is -2.46. The lowest BCUT2D eigenvalue weighted by atomic mass is 9.65. The number of hydrogen-bond acceptors (Lipinski definition) is 2. The molecular weight excluding hydrogens is 396 g/mol. The van der Waals surface area contributed by atoms with Crippen molar-refractivity contribution >= 4 is 17.9 Å². The zero-order valence-corrected chi connectivity index (χ0v) is 19.0. The lowest BCUT2D eigenvalue weighted by Crippen LogP contribution is -2.64. The van der Waals surface area contributed by atoms with Gasteiger partial charge < -0.3 is 10.2 Å². The minimum atomic E-state index is -0.751. The van der Waals surface area contributed by atoms with Gasteiger partial charge in [0.25, 0.3) is 0 Å². The van der Waals surface area contributed by atoms with Crippen LogP contribution in [0.3, 0.4) is 0 Å². The Kier molecular flexibility index (Phi) is 4.99. The molecule has 2 aliphatic carbocycles. The highest BCUT2D eigenvalue weighted by Crippen LogP contribution is 2.75. The number of hydrogen-bond donors (Lipinski definition) is 1. The van der Waals surface area contributed by atoms with Gasteiger partial charge in [0.2, 0.25) is 11.8 Å². The van der Waals surface area contributed by atoms with Crippen LogP contribution in [0.1, 0.15) is 44.2 Å². The Balaban J connectivity index is 1.39. The van der Waals surface area contributed by atoms with Crippen LogP contribution in [0.2, 0.25) is 0 Å². The fourth-order valence-corrected chi connectivity index (χ4v) is 6.95. The van der Waals surface area contributed by atoms with E-state index in [0.29, 0.717) is 19.0 Å². The summed E-state index contributed by atoms with van der Waals surface area (Å²) in [5.41, 5.74) is 1.27. The first kappa shape index (κ1) is 21.0. The molecule has 1 heterocycles. The van der Waals surface area contributed by atoms with Gasteiger partial charge in [-0.25, -0.2) is 0 Å². The molecule has 0 radical (unpaired) electrons. The molecule has 4 heteroatoms. The van der Waals surface area contributed by atoms with Crippen molar-refractivity contribution in [3.63, 3.8) is 0 Å². The maximum atomic E-state index is 13.8. The van der Waals surface area contributed by atoms with E-state index in [2.05, 4.69) is 31.3 Å². The van der Waals surface area contributed by atoms with Crippen molar-refractivity contribution in [1.29, 1.82) is 0 Å². The van der Waals surface area contributed by atoms with E-state index in [0.717, 1.165) is 31.2 Å². The third-order valence-corrected chi connectivity index (χ3v) is 8.96. The number of nitrogens with zero attached hydrogens (tertiary/aromatic N) is 1. The van der Waals surface area contributed by atoms with Gasteiger partial charge in [0.1, 0.15) is 5.54 Å². The molecule has 0 aromatic heterocycles. The van der Waals surface area contributed by atoms with Crippen LogP contribution in [-0.2, 0) is 16.0 Å². The molecule has 4 atom stereocenters. The molecule has 3 fully saturated rings. The summed E-state index contributed by atoms with van der Waals surface area (Å²) >= 11 is 0. The highest BCUT2D eigenvalue weighted by atomic mass is 16.2. The summed E-state index contributed by atoms with van der Waals surface area (Å²) in [7, 11) is 0. The van der Waals surface area contributed by atoms with Crippen molar-refractivity contribution in [1.82, 2.24) is 10.2 Å². The molecule has 2 saturated carbocycles. The van der Waals surface area contributed by atoms with Crippen molar-refractivity contribution in [2.45, 2.75) is 45.1 Å². The maximum absolute atomic E-state index is 13.8. The van der Waals surface area contributed by atoms with Crippen molar-refractivity contribution in [2.75, 3.05) is 13.1 Å². The number of likely N-dealkylation sites (tertiary alicyclic amines) is 1. The van der Waals surface area contributed by atoms with Gasteiger partial charge in [0.05, 0.1) is 0 Å². The Morgan fingerprint density at radius 3 is 2.44 bits per heavy atom. The Bertz CT molecular complexity index is 1050. The summed E-state index contributed by atoms with van der Waals surface area (Å²) < 4.78 is 0. The number of carbonyl (C=O) groups is 2. The van der Waals surface area contributed by atoms with Crippen LogP contribution in [0.5, 0.6) is 0 Å². The minimum Gasteiger partial charge on any atom is -0.354 e. The van der Waals surface area contributed by atoms with E-state index in [9.17, 15) is 9.59 Å². The van der Waals surface area contributed by atoms with Crippen molar-refractivity contribution in [3.8, 4) is 0 Å². The molecule has 2 aromatic carbocycles. The van der Waals surface area contributed by atoms with Gasteiger partial charge in [-0.3, -0.25) is 9.59 Å². The van der Waals surface area contributed by atoms with Gasteiger partial charge in [-0.05, 0) is 54.2 Å². The van der Waals surface area contributed by atoms with E-state index in [1.807, 2.05) is 59.5 Å². The first-order valence-corrected chi connectivity index (χ1v) is 11.8. The Hall–Kier alpha value is -2.88. The molecule has 2 amide bonds. The average molecular weight is 429 g/mol. The molecule has 2 aromatic rings. The molecule has 166 valence electrons. The van der Waals surface area contributed by atoms with Gasteiger partial charge in [-0.1, -0.05) is 74.5 Å². The Morgan fingerprint density at radius 1 is 1.06 bits per heavy atom. The summed E-state index contributed by atoms with van der Waals surface area (Å²) in [6, 6.07) is 20.1. The predicted molar refractivity (Wildman–Crippen MR) is 127 cm³/mol. The van der Waals surface area contributed by atoms with E-state index >= 15 is 0 Å². The van der Waals surface area contributed by atoms with Gasteiger partial charge in [0.15, 0.2) is 0 Å². The van der Waals surface area contributed by atoms with Gasteiger partial charge >= 0.3 is 0 Å². The van der Waals surface area contributed by atoms with E-state index in [-0.39, 0.29) is 22.6 Å². The van der Waals surface area contributed by atoms with E-state index in [1.165, 1.54) is 5.56 Å². The number of piperidine rings is 1. The number of benzene rings is 2. The molecule has 0 spiro atoms. The SMILES string of the molecule is CC12CN(C(=O)/C=C/c3ccccc3)C3(C(=O)NCCc4ccccc4)CC1CCC23C. The monoisotopic (exact) mass is 428 g/mol. The molecule has 4 nitrogen and oxygen atoms in total. The van der Waals surface area contributed by atoms with Gasteiger partial charge in [0, 0.05) is 24.6 Å². The van der Waals surface area contributed by atoms with Crippen molar-refractivity contribution < 1.29 is 9.59 Å². The number of carbonyl (C=O) groups excluding carboxylic acids is 2. The highest BCUT2D eigenvalue weighted by Gasteiger charge is 2.80. The van der Waals surface area contributed by atoms with Crippen LogP contribution in [-0.4, -0.2) is 35.3 Å². The Labute approximate surface area is 190 Å². The second-order valence-electron chi connectivity index (χ2n) is 10.2. The molecule has 1 saturated heterocycles. The first-order valence-electron chi connectivity index (χ1n) is 11.8. The fraction of sp³-hybridized carbons (Fsp3) is 0.429. The van der Waals surface area contributed by atoms with Crippen LogP contribution >= 0.6 is 0 Å². The molecule has 32 heavy (non-hydrogen) atoms. The summed E-state index contributed by atoms with van der Waals surface area (Å²) in [4.78, 5) is 29.1. The maximum Gasteiger partial charge on any atom is 0.247 e. The zero-order chi connectivity index (χ0) is 22.4.